The molecule has 1 atom stereocenters. The number of para-hydroxylation sites is 1. The molecule has 0 spiro atoms. The number of nitrogens with one attached hydrogen (secondary N) is 1. The molecule has 0 fully saturated rings. The number of alkyl halides is 3. The van der Waals surface area contributed by atoms with Crippen molar-refractivity contribution in [1.82, 2.24) is 0 Å². The molecule has 32 heavy (non-hydrogen) atoms. The van der Waals surface area contributed by atoms with E-state index >= 15 is 0 Å². The summed E-state index contributed by atoms with van der Waals surface area (Å²) in [6.07, 6.45) is -4.77. The van der Waals surface area contributed by atoms with E-state index in [1.54, 1.807) is 6.92 Å². The fourth-order valence-electron chi connectivity index (χ4n) is 3.18. The van der Waals surface area contributed by atoms with Gasteiger partial charge in [0.15, 0.2) is 0 Å². The van der Waals surface area contributed by atoms with E-state index in [-0.39, 0.29) is 11.8 Å². The van der Waals surface area contributed by atoms with Crippen molar-refractivity contribution < 1.29 is 22.7 Å². The molecule has 0 aromatic heterocycles. The van der Waals surface area contributed by atoms with Gasteiger partial charge in [-0.1, -0.05) is 72.8 Å². The molecule has 3 rings (SSSR count). The molecule has 0 aliphatic heterocycles. The Hall–Kier alpha value is -2.77. The van der Waals surface area contributed by atoms with Crippen LogP contribution in [0.3, 0.4) is 0 Å². The Kier molecular flexibility index (Phi) is 8.36. The van der Waals surface area contributed by atoms with Gasteiger partial charge < -0.3 is 10.1 Å². The minimum Gasteiger partial charge on any atom is -0.368 e. The van der Waals surface area contributed by atoms with Crippen LogP contribution >= 0.6 is 11.8 Å². The molecule has 0 bridgehead atoms. The van der Waals surface area contributed by atoms with Gasteiger partial charge in [0.25, 0.3) is 0 Å². The molecule has 0 aliphatic carbocycles. The number of carbonyl (C=O) groups is 1. The first-order chi connectivity index (χ1) is 15.4. The Bertz CT molecular complexity index is 957. The molecular weight excluding hydrogens is 435 g/mol. The summed E-state index contributed by atoms with van der Waals surface area (Å²) in [6.45, 7) is 2.05. The van der Waals surface area contributed by atoms with Crippen molar-refractivity contribution in [2.75, 3.05) is 17.7 Å². The van der Waals surface area contributed by atoms with Crippen LogP contribution < -0.4 is 5.32 Å². The minimum atomic E-state index is -4.53. The van der Waals surface area contributed by atoms with E-state index in [1.165, 1.54) is 30.0 Å². The number of halogens is 3. The number of rotatable bonds is 9. The topological polar surface area (TPSA) is 38.3 Å². The number of ether oxygens (including phenoxy) is 1. The second-order valence-corrected chi connectivity index (χ2v) is 8.57. The van der Waals surface area contributed by atoms with Crippen LogP contribution in [0.4, 0.5) is 18.9 Å². The smallest absolute Gasteiger partial charge is 0.368 e. The lowest BCUT2D eigenvalue weighted by Gasteiger charge is -2.20. The van der Waals surface area contributed by atoms with Crippen molar-refractivity contribution in [3.63, 3.8) is 0 Å². The number of amides is 1. The van der Waals surface area contributed by atoms with Crippen LogP contribution in [0.15, 0.2) is 84.9 Å². The molecular formula is C25H24F3NO2S. The summed E-state index contributed by atoms with van der Waals surface area (Å²) >= 11 is 1.33. The second kappa shape index (κ2) is 11.2. The largest absolute Gasteiger partial charge is 0.418 e. The van der Waals surface area contributed by atoms with Crippen LogP contribution in [0, 0.1) is 0 Å². The first-order valence-corrected chi connectivity index (χ1v) is 11.2. The van der Waals surface area contributed by atoms with Gasteiger partial charge in [-0.3, -0.25) is 4.79 Å². The molecule has 3 aromatic carbocycles. The number of thioether (sulfide) groups is 1. The summed E-state index contributed by atoms with van der Waals surface area (Å²) in [6, 6.07) is 24.7. The lowest BCUT2D eigenvalue weighted by Crippen LogP contribution is -2.25. The van der Waals surface area contributed by atoms with E-state index in [2.05, 4.69) is 5.32 Å². The molecule has 1 N–H and O–H groups in total. The summed E-state index contributed by atoms with van der Waals surface area (Å²) in [5.41, 5.74) is 0.959. The quantitative estimate of drug-likeness (QED) is 0.368. The van der Waals surface area contributed by atoms with E-state index in [9.17, 15) is 18.0 Å². The van der Waals surface area contributed by atoms with E-state index in [0.29, 0.717) is 12.4 Å². The number of anilines is 1. The highest BCUT2D eigenvalue weighted by Gasteiger charge is 2.33. The van der Waals surface area contributed by atoms with Crippen LogP contribution in [-0.4, -0.2) is 23.5 Å². The Morgan fingerprint density at radius 2 is 1.44 bits per heavy atom. The Labute approximate surface area is 190 Å². The van der Waals surface area contributed by atoms with Gasteiger partial charge in [-0.2, -0.15) is 13.2 Å². The first-order valence-electron chi connectivity index (χ1n) is 10.2. The zero-order valence-corrected chi connectivity index (χ0v) is 18.3. The van der Waals surface area contributed by atoms with Gasteiger partial charge in [0.1, 0.15) is 6.10 Å². The van der Waals surface area contributed by atoms with Gasteiger partial charge in [-0.25, -0.2) is 0 Å². The van der Waals surface area contributed by atoms with Gasteiger partial charge in [0, 0.05) is 5.75 Å². The standard InChI is InChI=1S/C25H24F3NO2S/c1-18(24(30)29-22-15-9-8-14-21(22)25(26,27)28)32-17-16-31-23(19-10-4-2-5-11-19)20-12-6-3-7-13-20/h2-15,18,23H,16-17H2,1H3,(H,29,30). The maximum Gasteiger partial charge on any atom is 0.418 e. The van der Waals surface area contributed by atoms with Gasteiger partial charge in [-0.05, 0) is 30.2 Å². The predicted octanol–water partition coefficient (Wildman–Crippen LogP) is 6.57. The van der Waals surface area contributed by atoms with Gasteiger partial charge >= 0.3 is 6.18 Å². The molecule has 0 saturated carbocycles. The summed E-state index contributed by atoms with van der Waals surface area (Å²) in [4.78, 5) is 12.4. The normalized spacial score (nSPS) is 12.5. The van der Waals surface area contributed by atoms with Crippen LogP contribution in [0.25, 0.3) is 0 Å². The zero-order chi connectivity index (χ0) is 23.0. The fraction of sp³-hybridized carbons (Fsp3) is 0.240. The maximum absolute atomic E-state index is 13.1. The lowest BCUT2D eigenvalue weighted by molar-refractivity contribution is -0.137. The van der Waals surface area contributed by atoms with Gasteiger partial charge in [0.2, 0.25) is 5.91 Å². The summed E-state index contributed by atoms with van der Waals surface area (Å²) in [5, 5.41) is 1.86. The number of benzene rings is 3. The Morgan fingerprint density at radius 3 is 2.00 bits per heavy atom. The lowest BCUT2D eigenvalue weighted by atomic mass is 10.0. The Balaban J connectivity index is 1.55. The third-order valence-electron chi connectivity index (χ3n) is 4.80. The van der Waals surface area contributed by atoms with Gasteiger partial charge in [-0.15, -0.1) is 11.8 Å². The molecule has 1 amide bonds. The third-order valence-corrected chi connectivity index (χ3v) is 5.92. The Morgan fingerprint density at radius 1 is 0.906 bits per heavy atom. The molecule has 1 unspecified atom stereocenters. The van der Waals surface area contributed by atoms with Crippen molar-refractivity contribution in [2.45, 2.75) is 24.5 Å². The summed E-state index contributed by atoms with van der Waals surface area (Å²) < 4.78 is 45.5. The van der Waals surface area contributed by atoms with E-state index in [0.717, 1.165) is 17.2 Å². The summed E-state index contributed by atoms with van der Waals surface area (Å²) in [7, 11) is 0. The highest BCUT2D eigenvalue weighted by Crippen LogP contribution is 2.35. The second-order valence-electron chi connectivity index (χ2n) is 7.12. The number of carbonyl (C=O) groups excluding carboxylic acids is 1. The predicted molar refractivity (Wildman–Crippen MR) is 123 cm³/mol. The molecule has 3 aromatic rings. The van der Waals surface area contributed by atoms with Crippen molar-refractivity contribution in [3.8, 4) is 0 Å². The van der Waals surface area contributed by atoms with Crippen LogP contribution in [-0.2, 0) is 15.7 Å². The van der Waals surface area contributed by atoms with E-state index < -0.39 is 22.9 Å². The average Bonchev–Trinajstić information content (AvgIpc) is 2.79. The third kappa shape index (κ3) is 6.61. The molecule has 0 saturated heterocycles. The first kappa shape index (κ1) is 23.9. The van der Waals surface area contributed by atoms with Crippen molar-refractivity contribution >= 4 is 23.4 Å². The SMILES string of the molecule is CC(SCCOC(c1ccccc1)c1ccccc1)C(=O)Nc1ccccc1C(F)(F)F. The molecule has 0 radical (unpaired) electrons. The molecule has 168 valence electrons. The van der Waals surface area contributed by atoms with E-state index in [4.69, 9.17) is 4.74 Å². The van der Waals surface area contributed by atoms with Gasteiger partial charge in [0.05, 0.1) is 23.1 Å². The monoisotopic (exact) mass is 459 g/mol. The van der Waals surface area contributed by atoms with Crippen molar-refractivity contribution in [2.24, 2.45) is 0 Å². The highest BCUT2D eigenvalue weighted by atomic mass is 32.2. The fourth-order valence-corrected chi connectivity index (χ4v) is 3.94. The van der Waals surface area contributed by atoms with E-state index in [1.807, 2.05) is 60.7 Å². The molecule has 3 nitrogen and oxygen atoms in total. The molecule has 0 aliphatic rings. The molecule has 0 heterocycles. The molecule has 7 heteroatoms. The zero-order valence-electron chi connectivity index (χ0n) is 17.5. The van der Waals surface area contributed by atoms with Crippen molar-refractivity contribution in [3.05, 3.63) is 102 Å². The van der Waals surface area contributed by atoms with Crippen LogP contribution in [0.2, 0.25) is 0 Å². The van der Waals surface area contributed by atoms with Crippen LogP contribution in [0.5, 0.6) is 0 Å². The highest BCUT2D eigenvalue weighted by molar-refractivity contribution is 8.00. The number of hydrogen-bond acceptors (Lipinski definition) is 3. The minimum absolute atomic E-state index is 0.234. The van der Waals surface area contributed by atoms with Crippen LogP contribution in [0.1, 0.15) is 29.7 Å². The summed E-state index contributed by atoms with van der Waals surface area (Å²) in [5.74, 6) is 0.0421. The maximum atomic E-state index is 13.1. The average molecular weight is 460 g/mol. The van der Waals surface area contributed by atoms with Crippen molar-refractivity contribution in [1.29, 1.82) is 0 Å². The number of hydrogen-bond donors (Lipinski definition) is 1.